The molecule has 768 valence electrons. The van der Waals surface area contributed by atoms with Gasteiger partial charge in [-0.15, -0.1) is 0 Å². The Morgan fingerprint density at radius 1 is 0.407 bits per heavy atom. The van der Waals surface area contributed by atoms with Gasteiger partial charge in [0.15, 0.2) is 35.5 Å². The number of anilines is 4. The van der Waals surface area contributed by atoms with Crippen molar-refractivity contribution in [3.8, 4) is 23.0 Å². The van der Waals surface area contributed by atoms with Crippen LogP contribution in [0.2, 0.25) is 0 Å². The maximum absolute atomic E-state index is 14.5. The van der Waals surface area contributed by atoms with E-state index in [-0.39, 0.29) is 174 Å². The highest BCUT2D eigenvalue weighted by Crippen LogP contribution is 2.45. The average Bonchev–Trinajstić information content (AvgIpc) is 1.60. The fourth-order valence-corrected chi connectivity index (χ4v) is 15.0. The number of aliphatic hydroxyl groups is 2. The number of amides is 13. The van der Waals surface area contributed by atoms with Crippen molar-refractivity contribution in [2.24, 2.45) is 11.8 Å². The Balaban J connectivity index is 0.656. The predicted octanol–water partition coefficient (Wildman–Crippen LogP) is 5.69. The fraction of sp³-hybridized carbons (Fsp3) is 0.557. The van der Waals surface area contributed by atoms with Gasteiger partial charge >= 0.3 is 12.2 Å². The molecule has 0 aromatic heterocycles. The number of unbranched alkanes of at least 4 members (excludes halogenated alkanes) is 2. The van der Waals surface area contributed by atoms with Crippen LogP contribution in [0, 0.1) is 11.8 Å². The summed E-state index contributed by atoms with van der Waals surface area (Å²) < 4.78 is 90.2. The summed E-state index contributed by atoms with van der Waals surface area (Å²) in [5.74, 6) is -5.23. The van der Waals surface area contributed by atoms with Crippen molar-refractivity contribution in [3.05, 3.63) is 131 Å². The molecule has 9 N–H and O–H groups in total. The molecule has 43 nitrogen and oxygen atoms in total. The van der Waals surface area contributed by atoms with Crippen LogP contribution in [-0.4, -0.2) is 324 Å². The van der Waals surface area contributed by atoms with Gasteiger partial charge in [0.25, 0.3) is 23.6 Å². The first-order valence-corrected chi connectivity index (χ1v) is 46.9. The lowest BCUT2D eigenvalue weighted by Crippen LogP contribution is -2.53. The van der Waals surface area contributed by atoms with Crippen LogP contribution >= 0.6 is 0 Å². The van der Waals surface area contributed by atoms with Gasteiger partial charge in [0, 0.05) is 87.5 Å². The van der Waals surface area contributed by atoms with E-state index < -0.39 is 114 Å². The quantitative estimate of drug-likeness (QED) is 0.0189. The smallest absolute Gasteiger partial charge is 0.416 e. The van der Waals surface area contributed by atoms with Gasteiger partial charge in [0.2, 0.25) is 41.4 Å². The lowest BCUT2D eigenvalue weighted by molar-refractivity contribution is -0.137. The molecule has 0 saturated carbocycles. The van der Waals surface area contributed by atoms with Crippen molar-refractivity contribution in [3.63, 3.8) is 0 Å². The predicted molar refractivity (Wildman–Crippen MR) is 506 cm³/mol. The van der Waals surface area contributed by atoms with Crippen LogP contribution in [0.3, 0.4) is 0 Å². The molecule has 0 radical (unpaired) electrons. The van der Waals surface area contributed by atoms with Crippen LogP contribution in [0.15, 0.2) is 108 Å². The summed E-state index contributed by atoms with van der Waals surface area (Å²) in [4.78, 5) is 178. The third-order valence-corrected chi connectivity index (χ3v) is 22.6. The first-order valence-electron chi connectivity index (χ1n) is 46.9. The zero-order valence-electron chi connectivity index (χ0n) is 81.3. The van der Waals surface area contributed by atoms with Gasteiger partial charge in [-0.25, -0.2) is 19.4 Å². The molecule has 8 atom stereocenters. The van der Waals surface area contributed by atoms with Crippen LogP contribution in [0.25, 0.3) is 0 Å². The van der Waals surface area contributed by atoms with Gasteiger partial charge in [-0.05, 0) is 119 Å². The molecular weight excluding hydrogens is 1830 g/mol. The molecule has 5 aliphatic rings. The van der Waals surface area contributed by atoms with Crippen molar-refractivity contribution < 1.29 is 148 Å². The van der Waals surface area contributed by atoms with Crippen molar-refractivity contribution in [1.82, 2.24) is 41.3 Å². The average molecular weight is 1960 g/mol. The van der Waals surface area contributed by atoms with E-state index in [0.29, 0.717) is 134 Å². The van der Waals surface area contributed by atoms with E-state index in [9.17, 15) is 72.5 Å². The summed E-state index contributed by atoms with van der Waals surface area (Å²) in [7, 11) is 4.33. The molecule has 0 spiro atoms. The molecule has 43 heteroatoms. The summed E-state index contributed by atoms with van der Waals surface area (Å²) in [6.45, 7) is 19.6. The van der Waals surface area contributed by atoms with E-state index in [2.05, 4.69) is 37.2 Å². The van der Waals surface area contributed by atoms with Gasteiger partial charge < -0.3 is 133 Å². The lowest BCUT2D eigenvalue weighted by Gasteiger charge is -2.31. The molecule has 2 unspecified atom stereocenters. The van der Waals surface area contributed by atoms with Crippen molar-refractivity contribution in [2.45, 2.75) is 169 Å². The minimum Gasteiger partial charge on any atom is -0.493 e. The molecule has 0 bridgehead atoms. The Morgan fingerprint density at radius 3 is 1.12 bits per heavy atom. The lowest BCUT2D eigenvalue weighted by atomic mass is 10.0. The zero-order valence-corrected chi connectivity index (χ0v) is 81.3. The Bertz CT molecular complexity index is 4870. The Hall–Kier alpha value is -12.3. The van der Waals surface area contributed by atoms with Gasteiger partial charge in [-0.1, -0.05) is 63.1 Å². The molecule has 4 aromatic rings. The SMILES string of the molecule is COCCOCCC(=O)N[C@H](C(=O)NC(C)C(=O)Nc1ccc(COC(=O)N2c3cc(OCCCCCOc4cc5c(cc4OC)C(=O)N4C=C(C)C[C@H]4[C@H](O)N5C(=O)OCc4ccc(NC(=O)[C@H](C)NC(=O)[C@@H](NC(=O)CCOCCOCCOCCOCCOCCOCCOCCOCCNC(=O)CCN5C(=O)C=CC5=O)C(C)C)cc4)c(OC)cc3C(=O)N3C=C(C)CC3[C@@H]2O)cc1)C(C)C. The fourth-order valence-electron chi connectivity index (χ4n) is 15.0. The van der Waals surface area contributed by atoms with Crippen LogP contribution in [-0.2, 0) is 113 Å². The van der Waals surface area contributed by atoms with Gasteiger partial charge in [0.05, 0.1) is 188 Å². The Labute approximate surface area is 813 Å². The number of fused-ring (bicyclic) bond motifs is 4. The van der Waals surface area contributed by atoms with Crippen LogP contribution in [0.5, 0.6) is 23.0 Å². The highest BCUT2D eigenvalue weighted by molar-refractivity contribution is 6.13. The normalized spacial score (nSPS) is 16.8. The zero-order chi connectivity index (χ0) is 101. The molecular formula is C97H134N12O31. The largest absolute Gasteiger partial charge is 0.493 e. The van der Waals surface area contributed by atoms with Crippen LogP contribution in [0.4, 0.5) is 32.3 Å². The number of carbonyl (C=O) groups excluding carboxylic acids is 13. The number of rotatable bonds is 62. The molecule has 5 heterocycles. The number of ether oxygens (including phenoxy) is 16. The maximum atomic E-state index is 14.5. The third kappa shape index (κ3) is 34.3. The molecule has 0 saturated heterocycles. The summed E-state index contributed by atoms with van der Waals surface area (Å²) in [6.07, 6.45) is 2.33. The van der Waals surface area contributed by atoms with E-state index in [4.69, 9.17) is 75.8 Å². The molecule has 140 heavy (non-hydrogen) atoms. The van der Waals surface area contributed by atoms with Gasteiger partial charge in [0.1, 0.15) is 37.4 Å². The summed E-state index contributed by atoms with van der Waals surface area (Å²) >= 11 is 0. The number of nitrogens with zero attached hydrogens (tertiary/aromatic N) is 5. The van der Waals surface area contributed by atoms with E-state index in [1.165, 1.54) is 81.4 Å². The number of hydrogen-bond acceptors (Lipinski definition) is 31. The Morgan fingerprint density at radius 2 is 0.764 bits per heavy atom. The molecule has 9 rings (SSSR count). The third-order valence-electron chi connectivity index (χ3n) is 22.6. The first-order chi connectivity index (χ1) is 67.4. The van der Waals surface area contributed by atoms with Gasteiger partial charge in [-0.3, -0.25) is 57.6 Å². The molecule has 4 aromatic carbocycles. The second-order valence-corrected chi connectivity index (χ2v) is 34.1. The van der Waals surface area contributed by atoms with Gasteiger partial charge in [-0.2, -0.15) is 0 Å². The van der Waals surface area contributed by atoms with Crippen molar-refractivity contribution >= 4 is 99.9 Å². The van der Waals surface area contributed by atoms with E-state index in [1.807, 2.05) is 0 Å². The number of methoxy groups -OCH3 is 3. The van der Waals surface area contributed by atoms with Crippen molar-refractivity contribution in [2.75, 3.05) is 194 Å². The topological polar surface area (TPSA) is 510 Å². The number of nitrogens with one attached hydrogen (secondary N) is 7. The first kappa shape index (κ1) is 111. The highest BCUT2D eigenvalue weighted by atomic mass is 16.6. The monoisotopic (exact) mass is 1960 g/mol. The van der Waals surface area contributed by atoms with E-state index in [0.717, 1.165) is 25.8 Å². The minimum absolute atomic E-state index is 0.00438. The van der Waals surface area contributed by atoms with E-state index in [1.54, 1.807) is 102 Å². The maximum Gasteiger partial charge on any atom is 0.416 e. The van der Waals surface area contributed by atoms with Crippen molar-refractivity contribution in [1.29, 1.82) is 0 Å². The summed E-state index contributed by atoms with van der Waals surface area (Å²) in [5, 5.41) is 43.2. The number of benzene rings is 4. The number of carbonyl (C=O) groups is 13. The van der Waals surface area contributed by atoms with Crippen LogP contribution in [0.1, 0.15) is 139 Å². The summed E-state index contributed by atoms with van der Waals surface area (Å²) in [5.41, 5.74) is 3.28. The number of aliphatic hydroxyl groups excluding tert-OH is 2. The van der Waals surface area contributed by atoms with E-state index >= 15 is 0 Å². The Kier molecular flexibility index (Phi) is 46.2. The number of hydrogen-bond donors (Lipinski definition) is 9. The molecule has 0 aliphatic carbocycles. The van der Waals surface area contributed by atoms with Crippen LogP contribution < -0.4 is 66.0 Å². The second kappa shape index (κ2) is 58.1. The second-order valence-electron chi connectivity index (χ2n) is 34.1. The standard InChI is InChI=1S/C97H134N12O31/c1-61(2)86(103-82(111)26-32-128-36-35-125-9)90(117)99-65(7)88(115)101-69-19-15-67(16-20-69)59-139-96(123)108-73-55-79(77(126-10)53-71(73)92(119)106-57-63(5)51-75(106)94(108)121)137-30-13-12-14-31-138-80-56-74-72(54-78(80)127-11)93(120)107-58-64(6)52-76(107)95(122)109(74)97(124)140-60-68-17-21-70(22-18-68)102-89(116)66(8)100-91(118)87(62(3)4)104-83(112)27-33-129-37-39-131-41-43-133-45-47-135-49-50-136-48-46-134-44-42-132-40-38-130-34-28-98-81(110)25-29-105-84(113)23-24-85(105)114/h15-24,53-58,61-62,65-66,75-76,86-87,94-95,121-122H,12-14,25-52,59-60H2,1-11H3,(H,98,110)(H,99,117)(H,100,118)(H,101,115)(H,102,116)(H,103,111)(H,104,112)/t65?,66-,75?,76-,86-,87-,94-,95-/m0/s1. The molecule has 13 amide bonds. The molecule has 5 aliphatic heterocycles. The molecule has 0 fully saturated rings. The highest BCUT2D eigenvalue weighted by Gasteiger charge is 2.48. The minimum atomic E-state index is -1.60. The summed E-state index contributed by atoms with van der Waals surface area (Å²) in [6, 6.07) is 12.8. The number of imide groups is 1.